The topological polar surface area (TPSA) is 87.4 Å². The van der Waals surface area contributed by atoms with E-state index < -0.39 is 18.5 Å². The number of carbonyl (C=O) groups is 2. The fourth-order valence-corrected chi connectivity index (χ4v) is 1.25. The molecule has 0 saturated carbocycles. The van der Waals surface area contributed by atoms with Gasteiger partial charge in [-0.2, -0.15) is 5.26 Å². The van der Waals surface area contributed by atoms with Crippen LogP contribution in [0.25, 0.3) is 0 Å². The van der Waals surface area contributed by atoms with Crippen molar-refractivity contribution in [3.63, 3.8) is 0 Å². The summed E-state index contributed by atoms with van der Waals surface area (Å²) in [7, 11) is 0. The van der Waals surface area contributed by atoms with E-state index in [4.69, 9.17) is 10.4 Å². The molecule has 0 atom stereocenters. The predicted molar refractivity (Wildman–Crippen MR) is 60.6 cm³/mol. The van der Waals surface area contributed by atoms with Crippen molar-refractivity contribution in [1.82, 2.24) is 0 Å². The number of carbonyl (C=O) groups excluding carboxylic acids is 2. The van der Waals surface area contributed by atoms with Crippen LogP contribution < -0.4 is 0 Å². The third kappa shape index (κ3) is 7.25. The molecule has 0 aliphatic heterocycles. The highest BCUT2D eigenvalue weighted by atomic mass is 16.6. The first-order chi connectivity index (χ1) is 8.15. The average molecular weight is 239 g/mol. The Morgan fingerprint density at radius 1 is 1.35 bits per heavy atom. The number of unbranched alkanes of at least 4 members (excludes halogenated alkanes) is 3. The molecule has 0 fully saturated rings. The summed E-state index contributed by atoms with van der Waals surface area (Å²) in [5, 5.41) is 16.9. The Bertz CT molecular complexity index is 328. The zero-order valence-electron chi connectivity index (χ0n) is 9.94. The van der Waals surface area contributed by atoms with Gasteiger partial charge in [-0.15, -0.1) is 0 Å². The van der Waals surface area contributed by atoms with E-state index in [2.05, 4.69) is 11.7 Å². The SMILES string of the molecule is CCCCCCC(=CC#N)C(=O)OC(=O)CO. The van der Waals surface area contributed by atoms with Crippen molar-refractivity contribution < 1.29 is 19.4 Å². The van der Waals surface area contributed by atoms with Gasteiger partial charge in [-0.3, -0.25) is 0 Å². The van der Waals surface area contributed by atoms with Crippen LogP contribution in [0.2, 0.25) is 0 Å². The molecular weight excluding hydrogens is 222 g/mol. The zero-order chi connectivity index (χ0) is 13.1. The number of nitriles is 1. The fourth-order valence-electron chi connectivity index (χ4n) is 1.25. The van der Waals surface area contributed by atoms with Gasteiger partial charge in [0.2, 0.25) is 0 Å². The molecule has 94 valence electrons. The third-order valence-corrected chi connectivity index (χ3v) is 2.14. The Balaban J connectivity index is 4.24. The lowest BCUT2D eigenvalue weighted by Gasteiger charge is -2.04. The van der Waals surface area contributed by atoms with Crippen LogP contribution in [-0.2, 0) is 14.3 Å². The minimum atomic E-state index is -1.01. The summed E-state index contributed by atoms with van der Waals surface area (Å²) in [5.41, 5.74) is 0.172. The van der Waals surface area contributed by atoms with Crippen LogP contribution >= 0.6 is 0 Å². The summed E-state index contributed by atoms with van der Waals surface area (Å²) >= 11 is 0. The molecule has 1 N–H and O–H groups in total. The van der Waals surface area contributed by atoms with Crippen molar-refractivity contribution in [2.75, 3.05) is 6.61 Å². The molecule has 0 amide bonds. The smallest absolute Gasteiger partial charge is 0.342 e. The monoisotopic (exact) mass is 239 g/mol. The van der Waals surface area contributed by atoms with Gasteiger partial charge in [0, 0.05) is 11.6 Å². The number of hydrogen-bond acceptors (Lipinski definition) is 5. The van der Waals surface area contributed by atoms with Crippen LogP contribution in [0.5, 0.6) is 0 Å². The highest BCUT2D eigenvalue weighted by Gasteiger charge is 2.14. The molecule has 0 spiro atoms. The third-order valence-electron chi connectivity index (χ3n) is 2.14. The van der Waals surface area contributed by atoms with Gasteiger partial charge >= 0.3 is 11.9 Å². The fraction of sp³-hybridized carbons (Fsp3) is 0.583. The Labute approximate surface area is 101 Å². The number of esters is 2. The zero-order valence-corrected chi connectivity index (χ0v) is 9.94. The van der Waals surface area contributed by atoms with Gasteiger partial charge in [-0.25, -0.2) is 9.59 Å². The van der Waals surface area contributed by atoms with Gasteiger partial charge in [0.25, 0.3) is 0 Å². The minimum absolute atomic E-state index is 0.172. The molecule has 5 heteroatoms. The molecule has 0 aromatic rings. The second-order valence-corrected chi connectivity index (χ2v) is 3.53. The maximum Gasteiger partial charge on any atom is 0.342 e. The predicted octanol–water partition coefficient (Wildman–Crippen LogP) is 1.47. The first-order valence-electron chi connectivity index (χ1n) is 5.60. The first kappa shape index (κ1) is 15.3. The number of rotatable bonds is 7. The largest absolute Gasteiger partial charge is 0.388 e. The van der Waals surface area contributed by atoms with Crippen molar-refractivity contribution in [2.24, 2.45) is 0 Å². The lowest BCUT2D eigenvalue weighted by atomic mass is 10.1. The molecule has 0 aromatic carbocycles. The van der Waals surface area contributed by atoms with Crippen molar-refractivity contribution >= 4 is 11.9 Å². The summed E-state index contributed by atoms with van der Waals surface area (Å²) in [6.07, 6.45) is 5.35. The second-order valence-electron chi connectivity index (χ2n) is 3.53. The highest BCUT2D eigenvalue weighted by molar-refractivity contribution is 5.96. The molecule has 0 rings (SSSR count). The summed E-state index contributed by atoms with van der Waals surface area (Å²) < 4.78 is 4.32. The van der Waals surface area contributed by atoms with Crippen molar-refractivity contribution in [1.29, 1.82) is 5.26 Å². The molecule has 0 aromatic heterocycles. The van der Waals surface area contributed by atoms with E-state index >= 15 is 0 Å². The molecule has 17 heavy (non-hydrogen) atoms. The number of hydrogen-bond donors (Lipinski definition) is 1. The van der Waals surface area contributed by atoms with E-state index in [-0.39, 0.29) is 5.57 Å². The Morgan fingerprint density at radius 3 is 2.59 bits per heavy atom. The Morgan fingerprint density at radius 2 is 2.06 bits per heavy atom. The van der Waals surface area contributed by atoms with Crippen LogP contribution in [-0.4, -0.2) is 23.7 Å². The van der Waals surface area contributed by atoms with Crippen molar-refractivity contribution in [3.05, 3.63) is 11.6 Å². The summed E-state index contributed by atoms with van der Waals surface area (Å²) in [4.78, 5) is 22.1. The number of nitrogens with zero attached hydrogens (tertiary/aromatic N) is 1. The van der Waals surface area contributed by atoms with E-state index in [9.17, 15) is 9.59 Å². The van der Waals surface area contributed by atoms with E-state index in [1.165, 1.54) is 0 Å². The molecule has 0 heterocycles. The molecule has 0 aliphatic carbocycles. The number of aliphatic hydroxyl groups is 1. The highest BCUT2D eigenvalue weighted by Crippen LogP contribution is 2.11. The molecule has 0 saturated heterocycles. The molecule has 0 radical (unpaired) electrons. The van der Waals surface area contributed by atoms with E-state index in [0.29, 0.717) is 6.42 Å². The maximum absolute atomic E-state index is 11.4. The van der Waals surface area contributed by atoms with Crippen molar-refractivity contribution in [2.45, 2.75) is 39.0 Å². The number of ether oxygens (including phenoxy) is 1. The minimum Gasteiger partial charge on any atom is -0.388 e. The van der Waals surface area contributed by atoms with Crippen molar-refractivity contribution in [3.8, 4) is 6.07 Å². The lowest BCUT2D eigenvalue weighted by Crippen LogP contribution is -2.17. The van der Waals surface area contributed by atoms with E-state index in [1.54, 1.807) is 6.07 Å². The van der Waals surface area contributed by atoms with Gasteiger partial charge in [-0.05, 0) is 12.8 Å². The molecule has 0 bridgehead atoms. The molecule has 5 nitrogen and oxygen atoms in total. The Kier molecular flexibility index (Phi) is 8.61. The van der Waals surface area contributed by atoms with Gasteiger partial charge in [-0.1, -0.05) is 26.2 Å². The summed E-state index contributed by atoms with van der Waals surface area (Å²) in [6.45, 7) is 1.22. The van der Waals surface area contributed by atoms with Crippen LogP contribution in [0.4, 0.5) is 0 Å². The van der Waals surface area contributed by atoms with Crippen LogP contribution in [0.15, 0.2) is 11.6 Å². The van der Waals surface area contributed by atoms with Crippen LogP contribution in [0, 0.1) is 11.3 Å². The van der Waals surface area contributed by atoms with Gasteiger partial charge in [0.1, 0.15) is 6.61 Å². The lowest BCUT2D eigenvalue weighted by molar-refractivity contribution is -0.159. The van der Waals surface area contributed by atoms with Gasteiger partial charge in [0.05, 0.1) is 6.07 Å². The van der Waals surface area contributed by atoms with Crippen LogP contribution in [0.1, 0.15) is 39.0 Å². The normalized spacial score (nSPS) is 10.8. The van der Waals surface area contributed by atoms with Crippen LogP contribution in [0.3, 0.4) is 0 Å². The maximum atomic E-state index is 11.4. The average Bonchev–Trinajstić information content (AvgIpc) is 2.32. The van der Waals surface area contributed by atoms with Gasteiger partial charge in [0.15, 0.2) is 0 Å². The standard InChI is InChI=1S/C12H17NO4/c1-2-3-4-5-6-10(7-8-13)12(16)17-11(15)9-14/h7,14H,2-6,9H2,1H3. The van der Waals surface area contributed by atoms with Gasteiger partial charge < -0.3 is 9.84 Å². The molecule has 0 aliphatic rings. The number of allylic oxidation sites excluding steroid dienone is 1. The quantitative estimate of drug-likeness (QED) is 0.239. The second kappa shape index (κ2) is 9.55. The van der Waals surface area contributed by atoms with E-state index in [1.807, 2.05) is 0 Å². The molecule has 0 unspecified atom stereocenters. The van der Waals surface area contributed by atoms with E-state index in [0.717, 1.165) is 31.8 Å². The Hall–Kier alpha value is -1.67. The first-order valence-corrected chi connectivity index (χ1v) is 5.60. The number of aliphatic hydroxyl groups excluding tert-OH is 1. The summed E-state index contributed by atoms with van der Waals surface area (Å²) in [5.74, 6) is -1.85. The molecular formula is C12H17NO4. The summed E-state index contributed by atoms with van der Waals surface area (Å²) in [6, 6.07) is 1.74.